The second-order valence-corrected chi connectivity index (χ2v) is 4.66. The molecular formula is C15H14N4O. The number of nitrogens with two attached hydrogens (primary N) is 1. The maximum absolute atomic E-state index is 12.6. The first-order valence-corrected chi connectivity index (χ1v) is 6.29. The zero-order valence-corrected chi connectivity index (χ0v) is 11.0. The Morgan fingerprint density at radius 1 is 1.30 bits per heavy atom. The van der Waals surface area contributed by atoms with Crippen LogP contribution >= 0.6 is 0 Å². The van der Waals surface area contributed by atoms with E-state index in [0.29, 0.717) is 11.1 Å². The summed E-state index contributed by atoms with van der Waals surface area (Å²) in [6, 6.07) is 8.46. The highest BCUT2D eigenvalue weighted by atomic mass is 16.1. The van der Waals surface area contributed by atoms with Crippen molar-refractivity contribution in [2.24, 2.45) is 12.8 Å². The van der Waals surface area contributed by atoms with Gasteiger partial charge in [-0.15, -0.1) is 0 Å². The maximum Gasteiger partial charge on any atom is 0.184 e. The van der Waals surface area contributed by atoms with Crippen LogP contribution in [0.3, 0.4) is 0 Å². The van der Waals surface area contributed by atoms with Crippen molar-refractivity contribution in [2.45, 2.75) is 6.04 Å². The second-order valence-electron chi connectivity index (χ2n) is 4.66. The third-order valence-corrected chi connectivity index (χ3v) is 3.28. The van der Waals surface area contributed by atoms with Gasteiger partial charge in [0.15, 0.2) is 5.78 Å². The molecule has 5 nitrogen and oxygen atoms in total. The van der Waals surface area contributed by atoms with Crippen LogP contribution < -0.4 is 5.73 Å². The number of ketones is 1. The van der Waals surface area contributed by atoms with Crippen LogP contribution in [0.25, 0.3) is 10.9 Å². The second kappa shape index (κ2) is 4.86. The summed E-state index contributed by atoms with van der Waals surface area (Å²) in [6.45, 7) is 0. The van der Waals surface area contributed by atoms with Crippen LogP contribution in [0.5, 0.6) is 0 Å². The van der Waals surface area contributed by atoms with Gasteiger partial charge in [-0.2, -0.15) is 5.10 Å². The van der Waals surface area contributed by atoms with E-state index in [2.05, 4.69) is 10.1 Å². The third kappa shape index (κ3) is 2.08. The van der Waals surface area contributed by atoms with Crippen molar-refractivity contribution < 1.29 is 4.79 Å². The standard InChI is InChI=1S/C15H14N4O/c1-19-9-10(8-18-19)14(16)15(20)12-4-2-6-13-11(12)5-3-7-17-13/h2-9,14H,16H2,1H3. The molecule has 1 aromatic carbocycles. The van der Waals surface area contributed by atoms with Crippen LogP contribution in [0.15, 0.2) is 48.9 Å². The molecule has 0 radical (unpaired) electrons. The summed E-state index contributed by atoms with van der Waals surface area (Å²) >= 11 is 0. The minimum Gasteiger partial charge on any atom is -0.317 e. The Balaban J connectivity index is 2.04. The zero-order valence-electron chi connectivity index (χ0n) is 11.0. The number of hydrogen-bond donors (Lipinski definition) is 1. The smallest absolute Gasteiger partial charge is 0.184 e. The molecule has 1 unspecified atom stereocenters. The molecule has 1 atom stereocenters. The molecule has 20 heavy (non-hydrogen) atoms. The summed E-state index contributed by atoms with van der Waals surface area (Å²) in [6.07, 6.45) is 5.08. The highest BCUT2D eigenvalue weighted by molar-refractivity contribution is 6.09. The molecule has 2 heterocycles. The van der Waals surface area contributed by atoms with Gasteiger partial charge in [0, 0.05) is 36.0 Å². The van der Waals surface area contributed by atoms with Gasteiger partial charge in [-0.3, -0.25) is 14.5 Å². The van der Waals surface area contributed by atoms with E-state index in [-0.39, 0.29) is 5.78 Å². The molecule has 0 aliphatic carbocycles. The number of carbonyl (C=O) groups is 1. The Hall–Kier alpha value is -2.53. The molecule has 0 aliphatic rings. The van der Waals surface area contributed by atoms with Crippen molar-refractivity contribution in [3.05, 3.63) is 60.0 Å². The van der Waals surface area contributed by atoms with E-state index in [1.807, 2.05) is 24.3 Å². The molecule has 0 fully saturated rings. The summed E-state index contributed by atoms with van der Waals surface area (Å²) < 4.78 is 1.63. The minimum atomic E-state index is -0.713. The predicted molar refractivity (Wildman–Crippen MR) is 76.2 cm³/mol. The number of rotatable bonds is 3. The van der Waals surface area contributed by atoms with Gasteiger partial charge in [0.1, 0.15) is 0 Å². The Kier molecular flexibility index (Phi) is 3.04. The van der Waals surface area contributed by atoms with Gasteiger partial charge >= 0.3 is 0 Å². The molecule has 100 valence electrons. The number of aromatic nitrogens is 3. The summed E-state index contributed by atoms with van der Waals surface area (Å²) in [4.78, 5) is 16.8. The van der Waals surface area contributed by atoms with Gasteiger partial charge in [-0.1, -0.05) is 18.2 Å². The van der Waals surface area contributed by atoms with Gasteiger partial charge in [-0.05, 0) is 12.1 Å². The highest BCUT2D eigenvalue weighted by Crippen LogP contribution is 2.22. The number of aryl methyl sites for hydroxylation is 1. The van der Waals surface area contributed by atoms with Crippen molar-refractivity contribution in [1.29, 1.82) is 0 Å². The van der Waals surface area contributed by atoms with Crippen LogP contribution in [0.4, 0.5) is 0 Å². The average Bonchev–Trinajstić information content (AvgIpc) is 2.91. The van der Waals surface area contributed by atoms with Crippen molar-refractivity contribution in [3.8, 4) is 0 Å². The fourth-order valence-electron chi connectivity index (χ4n) is 2.24. The minimum absolute atomic E-state index is 0.128. The molecule has 0 bridgehead atoms. The van der Waals surface area contributed by atoms with Crippen LogP contribution in [0, 0.1) is 0 Å². The lowest BCUT2D eigenvalue weighted by molar-refractivity contribution is 0.0963. The van der Waals surface area contributed by atoms with Crippen LogP contribution in [-0.4, -0.2) is 20.5 Å². The summed E-state index contributed by atoms with van der Waals surface area (Å²) in [5.74, 6) is -0.128. The number of benzene rings is 1. The van der Waals surface area contributed by atoms with E-state index in [1.165, 1.54) is 0 Å². The molecule has 0 saturated heterocycles. The number of fused-ring (bicyclic) bond motifs is 1. The predicted octanol–water partition coefficient (Wildman–Crippen LogP) is 1.85. The number of hydrogen-bond acceptors (Lipinski definition) is 4. The van der Waals surface area contributed by atoms with E-state index >= 15 is 0 Å². The SMILES string of the molecule is Cn1cc(C(N)C(=O)c2cccc3ncccc23)cn1. The Bertz CT molecular complexity index is 773. The van der Waals surface area contributed by atoms with Gasteiger partial charge in [0.25, 0.3) is 0 Å². The fourth-order valence-corrected chi connectivity index (χ4v) is 2.24. The van der Waals surface area contributed by atoms with Gasteiger partial charge < -0.3 is 5.73 Å². The quantitative estimate of drug-likeness (QED) is 0.734. The molecule has 2 aromatic heterocycles. The van der Waals surface area contributed by atoms with Crippen LogP contribution in [0.1, 0.15) is 22.0 Å². The highest BCUT2D eigenvalue weighted by Gasteiger charge is 2.20. The number of carbonyl (C=O) groups excluding carboxylic acids is 1. The lowest BCUT2D eigenvalue weighted by Crippen LogP contribution is -2.21. The monoisotopic (exact) mass is 266 g/mol. The molecule has 0 spiro atoms. The molecule has 0 saturated carbocycles. The van der Waals surface area contributed by atoms with Gasteiger partial charge in [-0.25, -0.2) is 0 Å². The third-order valence-electron chi connectivity index (χ3n) is 3.28. The summed E-state index contributed by atoms with van der Waals surface area (Å²) in [7, 11) is 1.79. The largest absolute Gasteiger partial charge is 0.317 e. The Morgan fingerprint density at radius 2 is 2.15 bits per heavy atom. The molecule has 2 N–H and O–H groups in total. The number of Topliss-reactive ketones (excluding diaryl/α,β-unsaturated/α-hetero) is 1. The zero-order chi connectivity index (χ0) is 14.1. The average molecular weight is 266 g/mol. The Labute approximate surface area is 116 Å². The molecule has 0 aliphatic heterocycles. The van der Waals surface area contributed by atoms with Crippen LogP contribution in [0.2, 0.25) is 0 Å². The molecular weight excluding hydrogens is 252 g/mol. The first kappa shape index (κ1) is 12.5. The van der Waals surface area contributed by atoms with Gasteiger partial charge in [0.2, 0.25) is 0 Å². The fraction of sp³-hybridized carbons (Fsp3) is 0.133. The van der Waals surface area contributed by atoms with Crippen molar-refractivity contribution in [2.75, 3.05) is 0 Å². The molecule has 3 rings (SSSR count). The van der Waals surface area contributed by atoms with E-state index < -0.39 is 6.04 Å². The van der Waals surface area contributed by atoms with Crippen molar-refractivity contribution in [1.82, 2.24) is 14.8 Å². The van der Waals surface area contributed by atoms with E-state index in [0.717, 1.165) is 10.9 Å². The molecule has 5 heteroatoms. The summed E-state index contributed by atoms with van der Waals surface area (Å²) in [5.41, 5.74) is 8.14. The lowest BCUT2D eigenvalue weighted by atomic mass is 9.97. The lowest BCUT2D eigenvalue weighted by Gasteiger charge is -2.10. The van der Waals surface area contributed by atoms with E-state index in [4.69, 9.17) is 5.73 Å². The normalized spacial score (nSPS) is 12.5. The van der Waals surface area contributed by atoms with E-state index in [9.17, 15) is 4.79 Å². The number of pyridine rings is 1. The summed E-state index contributed by atoms with van der Waals surface area (Å²) in [5, 5.41) is 4.87. The van der Waals surface area contributed by atoms with Crippen LogP contribution in [-0.2, 0) is 7.05 Å². The van der Waals surface area contributed by atoms with Gasteiger partial charge in [0.05, 0.1) is 17.8 Å². The topological polar surface area (TPSA) is 73.8 Å². The Morgan fingerprint density at radius 3 is 2.90 bits per heavy atom. The number of nitrogens with zero attached hydrogens (tertiary/aromatic N) is 3. The first-order valence-electron chi connectivity index (χ1n) is 6.29. The van der Waals surface area contributed by atoms with E-state index in [1.54, 1.807) is 36.4 Å². The molecule has 0 amide bonds. The first-order chi connectivity index (χ1) is 9.66. The van der Waals surface area contributed by atoms with Crippen molar-refractivity contribution >= 4 is 16.7 Å². The van der Waals surface area contributed by atoms with Crippen molar-refractivity contribution in [3.63, 3.8) is 0 Å². The molecule has 3 aromatic rings. The maximum atomic E-state index is 12.6.